The summed E-state index contributed by atoms with van der Waals surface area (Å²) in [6, 6.07) is 4.55. The first-order chi connectivity index (χ1) is 7.63. The molecule has 1 aromatic carbocycles. The Bertz CT molecular complexity index is 376. The largest absolute Gasteiger partial charge is 0.356 e. The first-order valence-electron chi connectivity index (χ1n) is 5.04. The number of nitrogens with two attached hydrogens (primary N) is 1. The second-order valence-electron chi connectivity index (χ2n) is 3.42. The lowest BCUT2D eigenvalue weighted by Crippen LogP contribution is -2.27. The number of carbonyl (C=O) groups is 1. The third-order valence-electron chi connectivity index (χ3n) is 2.05. The van der Waals surface area contributed by atoms with Crippen molar-refractivity contribution in [2.24, 2.45) is 5.73 Å². The van der Waals surface area contributed by atoms with Crippen molar-refractivity contribution in [2.75, 3.05) is 13.1 Å². The van der Waals surface area contributed by atoms with Crippen molar-refractivity contribution in [1.29, 1.82) is 0 Å². The molecule has 0 atom stereocenters. The minimum atomic E-state index is -0.327. The molecule has 0 aliphatic carbocycles. The Morgan fingerprint density at radius 1 is 1.47 bits per heavy atom. The molecule has 3 N–H and O–H groups in total. The Hall–Kier alpha value is -0.650. The van der Waals surface area contributed by atoms with Crippen LogP contribution in [0.4, 0.5) is 4.39 Å². The Labute approximate surface area is 114 Å². The molecule has 0 saturated heterocycles. The van der Waals surface area contributed by atoms with E-state index in [1.165, 1.54) is 6.07 Å². The number of nitrogens with one attached hydrogen (secondary N) is 1. The van der Waals surface area contributed by atoms with Crippen LogP contribution in [-0.4, -0.2) is 19.0 Å². The molecule has 0 aliphatic rings. The summed E-state index contributed by atoms with van der Waals surface area (Å²) in [5.74, 6) is -0.403. The van der Waals surface area contributed by atoms with Gasteiger partial charge in [0.2, 0.25) is 5.91 Å². The van der Waals surface area contributed by atoms with Crippen molar-refractivity contribution in [1.82, 2.24) is 5.32 Å². The lowest BCUT2D eigenvalue weighted by molar-refractivity contribution is -0.120. The van der Waals surface area contributed by atoms with Crippen molar-refractivity contribution in [3.8, 4) is 0 Å². The van der Waals surface area contributed by atoms with E-state index in [1.54, 1.807) is 12.1 Å². The Morgan fingerprint density at radius 2 is 2.18 bits per heavy atom. The van der Waals surface area contributed by atoms with Crippen molar-refractivity contribution < 1.29 is 9.18 Å². The lowest BCUT2D eigenvalue weighted by Gasteiger charge is -2.05. The van der Waals surface area contributed by atoms with Gasteiger partial charge in [-0.05, 0) is 46.6 Å². The van der Waals surface area contributed by atoms with Gasteiger partial charge in [0.05, 0.1) is 10.9 Å². The van der Waals surface area contributed by atoms with E-state index in [4.69, 9.17) is 5.73 Å². The van der Waals surface area contributed by atoms with E-state index in [0.717, 1.165) is 12.0 Å². The predicted octanol–water partition coefficient (Wildman–Crippen LogP) is 2.02. The van der Waals surface area contributed by atoms with E-state index in [1.807, 2.05) is 0 Å². The fourth-order valence-electron chi connectivity index (χ4n) is 1.23. The van der Waals surface area contributed by atoms with Crippen LogP contribution in [0.25, 0.3) is 0 Å². The molecule has 1 rings (SSSR count). The highest BCUT2D eigenvalue weighted by molar-refractivity contribution is 9.10. The van der Waals surface area contributed by atoms with Crippen LogP contribution < -0.4 is 11.1 Å². The van der Waals surface area contributed by atoms with Crippen LogP contribution in [0.3, 0.4) is 0 Å². The highest BCUT2D eigenvalue weighted by Gasteiger charge is 2.05. The maximum Gasteiger partial charge on any atom is 0.224 e. The molecular formula is C11H15BrClFN2O. The number of hydrogen-bond donors (Lipinski definition) is 2. The molecule has 0 bridgehead atoms. The Kier molecular flexibility index (Phi) is 8.12. The summed E-state index contributed by atoms with van der Waals surface area (Å²) < 4.78 is 13.3. The van der Waals surface area contributed by atoms with Gasteiger partial charge in [0.1, 0.15) is 5.82 Å². The molecule has 0 spiro atoms. The van der Waals surface area contributed by atoms with Gasteiger partial charge in [0, 0.05) is 6.54 Å². The van der Waals surface area contributed by atoms with Crippen molar-refractivity contribution >= 4 is 34.2 Å². The van der Waals surface area contributed by atoms with Gasteiger partial charge < -0.3 is 11.1 Å². The SMILES string of the molecule is Cl.NCCCNC(=O)Cc1ccc(F)c(Br)c1. The van der Waals surface area contributed by atoms with Crippen LogP contribution >= 0.6 is 28.3 Å². The molecular weight excluding hydrogens is 310 g/mol. The normalized spacial score (nSPS) is 9.59. The summed E-state index contributed by atoms with van der Waals surface area (Å²) in [4.78, 5) is 11.4. The fraction of sp³-hybridized carbons (Fsp3) is 0.364. The number of halogens is 3. The van der Waals surface area contributed by atoms with Crippen LogP contribution in [0.2, 0.25) is 0 Å². The summed E-state index contributed by atoms with van der Waals surface area (Å²) >= 11 is 3.08. The first kappa shape index (κ1) is 16.4. The molecule has 0 unspecified atom stereocenters. The second kappa shape index (κ2) is 8.44. The molecule has 17 heavy (non-hydrogen) atoms. The van der Waals surface area contributed by atoms with Gasteiger partial charge in [-0.15, -0.1) is 12.4 Å². The molecule has 3 nitrogen and oxygen atoms in total. The Balaban J connectivity index is 0.00000256. The number of carbonyl (C=O) groups excluding carboxylic acids is 1. The van der Waals surface area contributed by atoms with E-state index in [-0.39, 0.29) is 30.6 Å². The van der Waals surface area contributed by atoms with E-state index in [9.17, 15) is 9.18 Å². The zero-order chi connectivity index (χ0) is 12.0. The fourth-order valence-corrected chi connectivity index (χ4v) is 1.65. The zero-order valence-electron chi connectivity index (χ0n) is 9.21. The van der Waals surface area contributed by atoms with Gasteiger partial charge in [-0.3, -0.25) is 4.79 Å². The molecule has 1 aromatic rings. The van der Waals surface area contributed by atoms with E-state index >= 15 is 0 Å². The van der Waals surface area contributed by atoms with E-state index in [2.05, 4.69) is 21.2 Å². The van der Waals surface area contributed by atoms with Crippen LogP contribution in [0.1, 0.15) is 12.0 Å². The first-order valence-corrected chi connectivity index (χ1v) is 5.83. The monoisotopic (exact) mass is 324 g/mol. The zero-order valence-corrected chi connectivity index (χ0v) is 11.6. The molecule has 0 aliphatic heterocycles. The minimum absolute atomic E-state index is 0. The van der Waals surface area contributed by atoms with Gasteiger partial charge in [-0.25, -0.2) is 4.39 Å². The second-order valence-corrected chi connectivity index (χ2v) is 4.27. The van der Waals surface area contributed by atoms with Crippen molar-refractivity contribution in [3.05, 3.63) is 34.1 Å². The molecule has 1 amide bonds. The van der Waals surface area contributed by atoms with E-state index < -0.39 is 0 Å². The van der Waals surface area contributed by atoms with Crippen LogP contribution in [0, 0.1) is 5.82 Å². The average molecular weight is 326 g/mol. The number of amides is 1. The highest BCUT2D eigenvalue weighted by Crippen LogP contribution is 2.16. The molecule has 6 heteroatoms. The quantitative estimate of drug-likeness (QED) is 0.814. The maximum atomic E-state index is 12.9. The van der Waals surface area contributed by atoms with Crippen LogP contribution in [-0.2, 0) is 11.2 Å². The summed E-state index contributed by atoms with van der Waals surface area (Å²) in [6.45, 7) is 1.14. The van der Waals surface area contributed by atoms with Crippen molar-refractivity contribution in [3.63, 3.8) is 0 Å². The summed E-state index contributed by atoms with van der Waals surface area (Å²) in [6.07, 6.45) is 1.02. The third kappa shape index (κ3) is 6.00. The van der Waals surface area contributed by atoms with Crippen LogP contribution in [0.5, 0.6) is 0 Å². The van der Waals surface area contributed by atoms with Gasteiger partial charge in [0.25, 0.3) is 0 Å². The topological polar surface area (TPSA) is 55.1 Å². The summed E-state index contributed by atoms with van der Waals surface area (Å²) in [5, 5.41) is 2.74. The standard InChI is InChI=1S/C11H14BrFN2O.ClH/c12-9-6-8(2-3-10(9)13)7-11(16)15-5-1-4-14;/h2-3,6H,1,4-5,7,14H2,(H,15,16);1H. The van der Waals surface area contributed by atoms with Gasteiger partial charge in [-0.2, -0.15) is 0 Å². The third-order valence-corrected chi connectivity index (χ3v) is 2.66. The summed E-state index contributed by atoms with van der Waals surface area (Å²) in [7, 11) is 0. The molecule has 0 aromatic heterocycles. The molecule has 0 saturated carbocycles. The molecule has 0 fully saturated rings. The molecule has 0 heterocycles. The average Bonchev–Trinajstić information content (AvgIpc) is 2.24. The van der Waals surface area contributed by atoms with Gasteiger partial charge in [-0.1, -0.05) is 6.07 Å². The smallest absolute Gasteiger partial charge is 0.224 e. The van der Waals surface area contributed by atoms with Gasteiger partial charge >= 0.3 is 0 Å². The molecule has 96 valence electrons. The van der Waals surface area contributed by atoms with Crippen LogP contribution in [0.15, 0.2) is 22.7 Å². The highest BCUT2D eigenvalue weighted by atomic mass is 79.9. The molecule has 0 radical (unpaired) electrons. The number of rotatable bonds is 5. The lowest BCUT2D eigenvalue weighted by atomic mass is 10.1. The van der Waals surface area contributed by atoms with Crippen molar-refractivity contribution in [2.45, 2.75) is 12.8 Å². The predicted molar refractivity (Wildman–Crippen MR) is 71.7 cm³/mol. The summed E-state index contributed by atoms with van der Waals surface area (Å²) in [5.41, 5.74) is 6.08. The number of benzene rings is 1. The number of hydrogen-bond acceptors (Lipinski definition) is 2. The van der Waals surface area contributed by atoms with Gasteiger partial charge in [0.15, 0.2) is 0 Å². The van der Waals surface area contributed by atoms with E-state index in [0.29, 0.717) is 17.6 Å². The maximum absolute atomic E-state index is 12.9. The minimum Gasteiger partial charge on any atom is -0.356 e. The Morgan fingerprint density at radius 3 is 2.76 bits per heavy atom.